The van der Waals surface area contributed by atoms with E-state index in [0.29, 0.717) is 11.1 Å². The number of aromatic nitrogens is 3. The van der Waals surface area contributed by atoms with E-state index in [4.69, 9.17) is 0 Å². The van der Waals surface area contributed by atoms with Crippen molar-refractivity contribution in [2.24, 2.45) is 7.05 Å². The largest absolute Gasteiger partial charge is 0.350 e. The maximum atomic E-state index is 12.5. The second-order valence-corrected chi connectivity index (χ2v) is 6.96. The first-order valence-corrected chi connectivity index (χ1v) is 9.22. The summed E-state index contributed by atoms with van der Waals surface area (Å²) in [6.07, 6.45) is 1.75. The number of para-hydroxylation sites is 1. The van der Waals surface area contributed by atoms with Crippen LogP contribution in [0.5, 0.6) is 0 Å². The van der Waals surface area contributed by atoms with Crippen LogP contribution in [0.3, 0.4) is 0 Å². The van der Waals surface area contributed by atoms with Gasteiger partial charge in [-0.1, -0.05) is 18.2 Å². The summed E-state index contributed by atoms with van der Waals surface area (Å²) in [5.74, 6) is -0.757. The fourth-order valence-corrected chi connectivity index (χ4v) is 3.42. The highest BCUT2D eigenvalue weighted by Gasteiger charge is 2.15. The first-order valence-electron chi connectivity index (χ1n) is 9.22. The molecule has 0 bridgehead atoms. The van der Waals surface area contributed by atoms with Crippen LogP contribution in [0.15, 0.2) is 60.8 Å². The lowest BCUT2D eigenvalue weighted by Gasteiger charge is -2.08. The fourth-order valence-electron chi connectivity index (χ4n) is 3.42. The number of carbonyl (C=O) groups excluding carboxylic acids is 2. The van der Waals surface area contributed by atoms with Crippen molar-refractivity contribution in [3.8, 4) is 5.69 Å². The molecule has 0 unspecified atom stereocenters. The van der Waals surface area contributed by atoms with E-state index in [1.165, 1.54) is 0 Å². The molecule has 4 rings (SSSR count). The molecule has 0 atom stereocenters. The monoisotopic (exact) mass is 387 g/mol. The van der Waals surface area contributed by atoms with Crippen LogP contribution in [0.25, 0.3) is 16.6 Å². The number of carbonyl (C=O) groups is 2. The van der Waals surface area contributed by atoms with Crippen molar-refractivity contribution in [1.29, 1.82) is 0 Å². The molecule has 7 heteroatoms. The molecule has 2 aromatic heterocycles. The Hall–Kier alpha value is -3.87. The van der Waals surface area contributed by atoms with Crippen molar-refractivity contribution >= 4 is 22.7 Å². The Balaban J connectivity index is 1.45. The van der Waals surface area contributed by atoms with E-state index in [-0.39, 0.29) is 5.91 Å². The van der Waals surface area contributed by atoms with Crippen LogP contribution in [0.1, 0.15) is 32.1 Å². The first-order chi connectivity index (χ1) is 13.9. The third-order valence-electron chi connectivity index (χ3n) is 4.81. The van der Waals surface area contributed by atoms with Gasteiger partial charge in [-0.15, -0.1) is 0 Å². The van der Waals surface area contributed by atoms with Crippen LogP contribution in [-0.2, 0) is 7.05 Å². The molecule has 0 fully saturated rings. The van der Waals surface area contributed by atoms with E-state index in [0.717, 1.165) is 28.0 Å². The van der Waals surface area contributed by atoms with Gasteiger partial charge in [0, 0.05) is 35.4 Å². The molecular formula is C22H21N5O2. The van der Waals surface area contributed by atoms with Gasteiger partial charge in [-0.3, -0.25) is 20.4 Å². The molecule has 2 N–H and O–H groups in total. The number of rotatable bonds is 3. The maximum Gasteiger partial charge on any atom is 0.271 e. The summed E-state index contributed by atoms with van der Waals surface area (Å²) in [5, 5.41) is 5.26. The minimum Gasteiger partial charge on any atom is -0.350 e. The first kappa shape index (κ1) is 18.5. The van der Waals surface area contributed by atoms with Crippen molar-refractivity contribution in [3.05, 3.63) is 83.3 Å². The van der Waals surface area contributed by atoms with Crippen molar-refractivity contribution < 1.29 is 9.59 Å². The van der Waals surface area contributed by atoms with Crippen molar-refractivity contribution in [2.75, 3.05) is 0 Å². The zero-order chi connectivity index (χ0) is 20.5. The Labute approximate surface area is 167 Å². The van der Waals surface area contributed by atoms with Crippen LogP contribution in [0.2, 0.25) is 0 Å². The minimum absolute atomic E-state index is 0.366. The lowest BCUT2D eigenvalue weighted by atomic mass is 10.1. The Kier molecular flexibility index (Phi) is 4.64. The number of hydrogen-bond donors (Lipinski definition) is 2. The molecule has 0 spiro atoms. The zero-order valence-corrected chi connectivity index (χ0v) is 16.4. The number of benzene rings is 2. The van der Waals surface area contributed by atoms with E-state index < -0.39 is 5.91 Å². The summed E-state index contributed by atoms with van der Waals surface area (Å²) < 4.78 is 3.70. The molecule has 29 heavy (non-hydrogen) atoms. The smallest absolute Gasteiger partial charge is 0.271 e. The Morgan fingerprint density at radius 3 is 2.31 bits per heavy atom. The molecule has 4 aromatic rings. The van der Waals surface area contributed by atoms with Crippen molar-refractivity contribution in [3.63, 3.8) is 0 Å². The van der Waals surface area contributed by atoms with Crippen LogP contribution in [0.4, 0.5) is 0 Å². The van der Waals surface area contributed by atoms with Gasteiger partial charge in [-0.2, -0.15) is 5.10 Å². The van der Waals surface area contributed by atoms with E-state index in [2.05, 4.69) is 16.0 Å². The van der Waals surface area contributed by atoms with Gasteiger partial charge in [0.2, 0.25) is 0 Å². The highest BCUT2D eigenvalue weighted by Crippen LogP contribution is 2.20. The van der Waals surface area contributed by atoms with Gasteiger partial charge < -0.3 is 4.57 Å². The average Bonchev–Trinajstić information content (AvgIpc) is 3.25. The van der Waals surface area contributed by atoms with Crippen molar-refractivity contribution in [2.45, 2.75) is 13.8 Å². The van der Waals surface area contributed by atoms with Crippen LogP contribution in [0, 0.1) is 13.8 Å². The summed E-state index contributed by atoms with van der Waals surface area (Å²) in [6.45, 7) is 3.91. The van der Waals surface area contributed by atoms with Gasteiger partial charge in [-0.05, 0) is 50.2 Å². The molecular weight excluding hydrogens is 366 g/mol. The molecule has 0 aliphatic rings. The molecule has 0 saturated heterocycles. The van der Waals surface area contributed by atoms with E-state index in [9.17, 15) is 9.59 Å². The van der Waals surface area contributed by atoms with Crippen LogP contribution < -0.4 is 10.9 Å². The Morgan fingerprint density at radius 1 is 0.931 bits per heavy atom. The maximum absolute atomic E-state index is 12.5. The molecule has 2 amide bonds. The lowest BCUT2D eigenvalue weighted by molar-refractivity contribution is 0.0847. The minimum atomic E-state index is -0.390. The topological polar surface area (TPSA) is 81.0 Å². The average molecular weight is 387 g/mol. The molecule has 0 radical (unpaired) electrons. The van der Waals surface area contributed by atoms with E-state index in [1.54, 1.807) is 18.3 Å². The Bertz CT molecular complexity index is 1220. The summed E-state index contributed by atoms with van der Waals surface area (Å²) >= 11 is 0. The van der Waals surface area contributed by atoms with Gasteiger partial charge in [-0.25, -0.2) is 4.68 Å². The fraction of sp³-hybridized carbons (Fsp3) is 0.136. The quantitative estimate of drug-likeness (QED) is 0.530. The van der Waals surface area contributed by atoms with Gasteiger partial charge in [0.1, 0.15) is 0 Å². The number of aryl methyl sites for hydroxylation is 3. The Morgan fingerprint density at radius 2 is 1.62 bits per heavy atom. The molecule has 2 heterocycles. The summed E-state index contributed by atoms with van der Waals surface area (Å²) in [6, 6.07) is 16.6. The van der Waals surface area contributed by atoms with Gasteiger partial charge in [0.15, 0.2) is 0 Å². The van der Waals surface area contributed by atoms with Crippen LogP contribution >= 0.6 is 0 Å². The van der Waals surface area contributed by atoms with Crippen LogP contribution in [-0.4, -0.2) is 26.2 Å². The third-order valence-corrected chi connectivity index (χ3v) is 4.81. The summed E-state index contributed by atoms with van der Waals surface area (Å²) in [7, 11) is 1.88. The van der Waals surface area contributed by atoms with Gasteiger partial charge in [0.25, 0.3) is 11.8 Å². The number of hydrogen-bond acceptors (Lipinski definition) is 3. The number of hydrazine groups is 1. The molecule has 0 saturated carbocycles. The van der Waals surface area contributed by atoms with E-state index >= 15 is 0 Å². The lowest BCUT2D eigenvalue weighted by Crippen LogP contribution is -2.41. The normalized spacial score (nSPS) is 10.9. The van der Waals surface area contributed by atoms with Gasteiger partial charge in [0.05, 0.1) is 16.9 Å². The second kappa shape index (κ2) is 7.27. The predicted molar refractivity (Wildman–Crippen MR) is 111 cm³/mol. The van der Waals surface area contributed by atoms with E-state index in [1.807, 2.05) is 72.6 Å². The predicted octanol–water partition coefficient (Wildman–Crippen LogP) is 3.06. The second-order valence-electron chi connectivity index (χ2n) is 6.96. The number of nitrogens with one attached hydrogen (secondary N) is 2. The van der Waals surface area contributed by atoms with Gasteiger partial charge >= 0.3 is 0 Å². The highest BCUT2D eigenvalue weighted by atomic mass is 16.2. The number of fused-ring (bicyclic) bond motifs is 1. The standard InChI is InChI=1S/C22H21N5O2/c1-14-12-15(2)27(25-14)17-10-8-16(9-11-17)21(28)23-24-22(29)19-13-26(3)20-7-5-4-6-18(19)20/h4-13H,1-3H3,(H,23,28)(H,24,29). The SMILES string of the molecule is Cc1cc(C)n(-c2ccc(C(=O)NNC(=O)c3cn(C)c4ccccc34)cc2)n1. The zero-order valence-electron chi connectivity index (χ0n) is 16.4. The highest BCUT2D eigenvalue weighted by molar-refractivity contribution is 6.08. The summed E-state index contributed by atoms with van der Waals surface area (Å²) in [5.41, 5.74) is 9.67. The molecule has 0 aliphatic heterocycles. The molecule has 7 nitrogen and oxygen atoms in total. The van der Waals surface area contributed by atoms with Crippen molar-refractivity contribution in [1.82, 2.24) is 25.2 Å². The molecule has 2 aromatic carbocycles. The third kappa shape index (κ3) is 3.50. The molecule has 146 valence electrons. The number of nitrogens with zero attached hydrogens (tertiary/aromatic N) is 3. The molecule has 0 aliphatic carbocycles. The number of amides is 2. The summed E-state index contributed by atoms with van der Waals surface area (Å²) in [4.78, 5) is 25.0.